The predicted octanol–water partition coefficient (Wildman–Crippen LogP) is 3.47. The van der Waals surface area contributed by atoms with Crippen molar-refractivity contribution in [2.75, 3.05) is 0 Å². The van der Waals surface area contributed by atoms with Gasteiger partial charge in [0.05, 0.1) is 29.2 Å². The van der Waals surface area contributed by atoms with Gasteiger partial charge >= 0.3 is 0 Å². The Morgan fingerprint density at radius 2 is 1.84 bits per heavy atom. The Balaban J connectivity index is 1.36. The van der Waals surface area contributed by atoms with Crippen molar-refractivity contribution in [2.45, 2.75) is 13.5 Å². The lowest BCUT2D eigenvalue weighted by atomic mass is 10.1. The van der Waals surface area contributed by atoms with Crippen LogP contribution in [0.4, 0.5) is 0 Å². The molecule has 2 N–H and O–H groups in total. The van der Waals surface area contributed by atoms with E-state index in [1.165, 1.54) is 0 Å². The highest BCUT2D eigenvalue weighted by Crippen LogP contribution is 2.20. The van der Waals surface area contributed by atoms with E-state index in [1.807, 2.05) is 54.8 Å². The van der Waals surface area contributed by atoms with Gasteiger partial charge in [-0.2, -0.15) is 5.10 Å². The molecule has 1 aromatic carbocycles. The van der Waals surface area contributed by atoms with Gasteiger partial charge in [-0.05, 0) is 36.6 Å². The van der Waals surface area contributed by atoms with Gasteiger partial charge in [0.2, 0.25) is 0 Å². The second-order valence-electron chi connectivity index (χ2n) is 7.23. The first-order chi connectivity index (χ1) is 15.6. The van der Waals surface area contributed by atoms with Crippen LogP contribution in [0.15, 0.2) is 66.2 Å². The van der Waals surface area contributed by atoms with Gasteiger partial charge in [0.15, 0.2) is 5.65 Å². The molecule has 4 heterocycles. The summed E-state index contributed by atoms with van der Waals surface area (Å²) in [6.07, 6.45) is 1.62. The summed E-state index contributed by atoms with van der Waals surface area (Å²) in [6.45, 7) is 2.39. The van der Waals surface area contributed by atoms with E-state index < -0.39 is 11.8 Å². The summed E-state index contributed by atoms with van der Waals surface area (Å²) in [5, 5.41) is 7.96. The van der Waals surface area contributed by atoms with E-state index in [2.05, 4.69) is 25.9 Å². The van der Waals surface area contributed by atoms with Crippen LogP contribution in [0.5, 0.6) is 0 Å². The number of fused-ring (bicyclic) bond motifs is 2. The third-order valence-electron chi connectivity index (χ3n) is 4.99. The molecule has 0 aliphatic rings. The Hall–Kier alpha value is -4.11. The van der Waals surface area contributed by atoms with Crippen LogP contribution < -0.4 is 10.9 Å². The number of hydrazine groups is 1. The highest BCUT2D eigenvalue weighted by Gasteiger charge is 2.17. The molecule has 0 atom stereocenters. The Morgan fingerprint density at radius 1 is 1.00 bits per heavy atom. The van der Waals surface area contributed by atoms with Gasteiger partial charge in [-0.1, -0.05) is 30.3 Å². The first-order valence-electron chi connectivity index (χ1n) is 9.90. The number of amides is 2. The second-order valence-corrected chi connectivity index (χ2v) is 8.26. The number of pyridine rings is 2. The molecule has 0 spiro atoms. The smallest absolute Gasteiger partial charge is 0.267 e. The van der Waals surface area contributed by atoms with Crippen molar-refractivity contribution in [2.24, 2.45) is 0 Å². The summed E-state index contributed by atoms with van der Waals surface area (Å²) >= 11 is 1.63. The van der Waals surface area contributed by atoms with E-state index in [0.29, 0.717) is 34.4 Å². The number of hydrogen-bond acceptors (Lipinski definition) is 6. The SMILES string of the molecule is Cc1cc(C(=O)NNC(=O)c2ccc3ccccc3n2)c2cnn(Cc3cccs3)c2n1. The number of carbonyl (C=O) groups is 2. The number of nitrogens with zero attached hydrogens (tertiary/aromatic N) is 4. The second kappa shape index (κ2) is 8.20. The number of hydrogen-bond donors (Lipinski definition) is 2. The first-order valence-corrected chi connectivity index (χ1v) is 10.8. The third-order valence-corrected chi connectivity index (χ3v) is 5.85. The van der Waals surface area contributed by atoms with Crippen molar-refractivity contribution in [1.82, 2.24) is 30.6 Å². The highest BCUT2D eigenvalue weighted by atomic mass is 32.1. The van der Waals surface area contributed by atoms with Crippen LogP contribution in [-0.4, -0.2) is 31.6 Å². The molecule has 5 aromatic rings. The molecule has 0 fully saturated rings. The molecule has 0 saturated carbocycles. The van der Waals surface area contributed by atoms with Crippen molar-refractivity contribution in [1.29, 1.82) is 0 Å². The van der Waals surface area contributed by atoms with E-state index in [-0.39, 0.29) is 5.69 Å². The molecule has 9 heteroatoms. The summed E-state index contributed by atoms with van der Waals surface area (Å²) in [5.74, 6) is -0.954. The zero-order valence-electron chi connectivity index (χ0n) is 17.1. The third kappa shape index (κ3) is 3.81. The summed E-state index contributed by atoms with van der Waals surface area (Å²) in [6, 6.07) is 16.6. The van der Waals surface area contributed by atoms with Gasteiger partial charge in [0.1, 0.15) is 5.69 Å². The minimum atomic E-state index is -0.500. The van der Waals surface area contributed by atoms with E-state index in [1.54, 1.807) is 34.3 Å². The van der Waals surface area contributed by atoms with Crippen molar-refractivity contribution in [3.05, 3.63) is 88.0 Å². The standard InChI is InChI=1S/C23H18N6O2S/c1-14-11-17(18-12-24-29(21(18)25-14)13-16-6-4-10-32-16)22(30)27-28-23(31)20-9-8-15-5-2-3-7-19(15)26-20/h2-12H,13H2,1H3,(H,27,30)(H,28,31). The maximum absolute atomic E-state index is 12.9. The van der Waals surface area contributed by atoms with Crippen LogP contribution in [0.25, 0.3) is 21.9 Å². The van der Waals surface area contributed by atoms with Crippen molar-refractivity contribution in [3.63, 3.8) is 0 Å². The molecule has 0 bridgehead atoms. The predicted molar refractivity (Wildman–Crippen MR) is 122 cm³/mol. The number of aryl methyl sites for hydroxylation is 1. The van der Waals surface area contributed by atoms with E-state index in [0.717, 1.165) is 10.3 Å². The Morgan fingerprint density at radius 3 is 2.69 bits per heavy atom. The maximum Gasteiger partial charge on any atom is 0.288 e. The number of thiophene rings is 1. The van der Waals surface area contributed by atoms with Gasteiger partial charge in [-0.25, -0.2) is 14.6 Å². The number of benzene rings is 1. The molecule has 8 nitrogen and oxygen atoms in total. The summed E-state index contributed by atoms with van der Waals surface area (Å²) < 4.78 is 1.77. The molecular weight excluding hydrogens is 424 g/mol. The topological polar surface area (TPSA) is 102 Å². The summed E-state index contributed by atoms with van der Waals surface area (Å²) in [7, 11) is 0. The Bertz CT molecular complexity index is 1460. The van der Waals surface area contributed by atoms with Crippen molar-refractivity contribution < 1.29 is 9.59 Å². The van der Waals surface area contributed by atoms with Crippen molar-refractivity contribution >= 4 is 45.1 Å². The fraction of sp³-hybridized carbons (Fsp3) is 0.0870. The minimum absolute atomic E-state index is 0.212. The quantitative estimate of drug-likeness (QED) is 0.415. The molecule has 0 saturated heterocycles. The van der Waals surface area contributed by atoms with E-state index in [9.17, 15) is 9.59 Å². The van der Waals surface area contributed by atoms with Crippen LogP contribution in [-0.2, 0) is 6.54 Å². The Labute approximate surface area is 186 Å². The molecular formula is C23H18N6O2S. The number of nitrogens with one attached hydrogen (secondary N) is 2. The van der Waals surface area contributed by atoms with E-state index >= 15 is 0 Å². The molecule has 0 radical (unpaired) electrons. The van der Waals surface area contributed by atoms with Crippen LogP contribution in [0.2, 0.25) is 0 Å². The largest absolute Gasteiger partial charge is 0.288 e. The van der Waals surface area contributed by atoms with Crippen LogP contribution >= 0.6 is 11.3 Å². The number of rotatable bonds is 4. The average Bonchev–Trinajstić information content (AvgIpc) is 3.47. The van der Waals surface area contributed by atoms with Crippen molar-refractivity contribution in [3.8, 4) is 0 Å². The lowest BCUT2D eigenvalue weighted by Crippen LogP contribution is -2.42. The monoisotopic (exact) mass is 442 g/mol. The van der Waals surface area contributed by atoms with Gasteiger partial charge in [-0.3, -0.25) is 20.4 Å². The zero-order valence-corrected chi connectivity index (χ0v) is 17.9. The van der Waals surface area contributed by atoms with Crippen LogP contribution in [0.1, 0.15) is 31.4 Å². The molecule has 158 valence electrons. The molecule has 0 aliphatic heterocycles. The minimum Gasteiger partial charge on any atom is -0.267 e. The summed E-state index contributed by atoms with van der Waals surface area (Å²) in [5.41, 5.74) is 7.52. The Kier molecular flexibility index (Phi) is 5.08. The van der Waals surface area contributed by atoms with Gasteiger partial charge in [0, 0.05) is 16.0 Å². The fourth-order valence-electron chi connectivity index (χ4n) is 3.46. The highest BCUT2D eigenvalue weighted by molar-refractivity contribution is 7.09. The molecule has 0 aliphatic carbocycles. The molecule has 0 unspecified atom stereocenters. The number of aromatic nitrogens is 4. The fourth-order valence-corrected chi connectivity index (χ4v) is 4.15. The zero-order chi connectivity index (χ0) is 22.1. The van der Waals surface area contributed by atoms with Gasteiger partial charge < -0.3 is 0 Å². The average molecular weight is 443 g/mol. The molecule has 4 aromatic heterocycles. The van der Waals surface area contributed by atoms with Gasteiger partial charge in [-0.15, -0.1) is 11.3 Å². The number of carbonyl (C=O) groups excluding carboxylic acids is 2. The van der Waals surface area contributed by atoms with Gasteiger partial charge in [0.25, 0.3) is 11.8 Å². The van der Waals surface area contributed by atoms with Crippen LogP contribution in [0.3, 0.4) is 0 Å². The van der Waals surface area contributed by atoms with Crippen LogP contribution in [0, 0.1) is 6.92 Å². The lowest BCUT2D eigenvalue weighted by Gasteiger charge is -2.09. The molecule has 32 heavy (non-hydrogen) atoms. The first kappa shape index (κ1) is 19.8. The lowest BCUT2D eigenvalue weighted by molar-refractivity contribution is 0.0845. The summed E-state index contributed by atoms with van der Waals surface area (Å²) in [4.78, 5) is 35.4. The molecule has 2 amide bonds. The number of para-hydroxylation sites is 1. The van der Waals surface area contributed by atoms with E-state index in [4.69, 9.17) is 0 Å². The normalized spacial score (nSPS) is 11.0. The molecule has 5 rings (SSSR count). The maximum atomic E-state index is 12.9.